The first-order chi connectivity index (χ1) is 8.71. The van der Waals surface area contributed by atoms with Crippen molar-refractivity contribution in [1.82, 2.24) is 18.6 Å². The highest BCUT2D eigenvalue weighted by molar-refractivity contribution is 7.89. The summed E-state index contributed by atoms with van der Waals surface area (Å²) in [5, 5.41) is 5.00. The van der Waals surface area contributed by atoms with Gasteiger partial charge in [0.2, 0.25) is 0 Å². The van der Waals surface area contributed by atoms with Crippen molar-refractivity contribution < 1.29 is 16.8 Å². The summed E-state index contributed by atoms with van der Waals surface area (Å²) in [7, 11) is -7.42. The maximum absolute atomic E-state index is 12.2. The van der Waals surface area contributed by atoms with Crippen molar-refractivity contribution in [1.29, 1.82) is 0 Å². The van der Waals surface area contributed by atoms with E-state index >= 15 is 0 Å². The molecular weight excluding hydrogens is 294 g/mol. The molecule has 2 heterocycles. The minimum absolute atomic E-state index is 0.00838. The molecule has 1 fully saturated rings. The Morgan fingerprint density at radius 1 is 1.16 bits per heavy atom. The molecule has 0 amide bonds. The maximum Gasteiger partial charge on any atom is 0.276 e. The van der Waals surface area contributed by atoms with Crippen molar-refractivity contribution in [3.63, 3.8) is 0 Å². The summed E-state index contributed by atoms with van der Waals surface area (Å²) in [6, 6.07) is 0. The average molecular weight is 309 g/mol. The van der Waals surface area contributed by atoms with E-state index in [0.717, 1.165) is 4.31 Å². The highest BCUT2D eigenvalue weighted by atomic mass is 32.2. The van der Waals surface area contributed by atoms with Crippen LogP contribution < -0.4 is 5.14 Å². The smallest absolute Gasteiger partial charge is 0.276 e. The van der Waals surface area contributed by atoms with Crippen molar-refractivity contribution in [3.8, 4) is 0 Å². The third kappa shape index (κ3) is 2.95. The molecule has 1 saturated heterocycles. The predicted octanol–water partition coefficient (Wildman–Crippen LogP) is -1.77. The summed E-state index contributed by atoms with van der Waals surface area (Å²) in [6.07, 6.45) is 1.25. The number of imidazole rings is 1. The van der Waals surface area contributed by atoms with Gasteiger partial charge in [0, 0.05) is 26.2 Å². The number of aryl methyl sites for hydroxylation is 1. The van der Waals surface area contributed by atoms with E-state index in [0.29, 0.717) is 5.82 Å². The molecule has 1 aliphatic heterocycles. The highest BCUT2D eigenvalue weighted by Crippen LogP contribution is 2.16. The van der Waals surface area contributed by atoms with E-state index in [4.69, 9.17) is 5.14 Å². The monoisotopic (exact) mass is 309 g/mol. The fourth-order valence-electron chi connectivity index (χ4n) is 1.83. The van der Waals surface area contributed by atoms with Gasteiger partial charge in [-0.2, -0.15) is 17.0 Å². The quantitative estimate of drug-likeness (QED) is 0.682. The number of piperazine rings is 1. The van der Waals surface area contributed by atoms with Crippen LogP contribution in [0.5, 0.6) is 0 Å². The number of aromatic nitrogens is 2. The van der Waals surface area contributed by atoms with E-state index in [-0.39, 0.29) is 31.2 Å². The van der Waals surface area contributed by atoms with Crippen LogP contribution in [0.25, 0.3) is 0 Å². The molecule has 0 atom stereocenters. The number of hydrogen-bond donors (Lipinski definition) is 2. The Morgan fingerprint density at radius 3 is 2.11 bits per heavy atom. The number of nitrogens with zero attached hydrogens (tertiary/aromatic N) is 3. The van der Waals surface area contributed by atoms with Crippen molar-refractivity contribution >= 4 is 20.2 Å². The van der Waals surface area contributed by atoms with Crippen LogP contribution >= 0.6 is 0 Å². The van der Waals surface area contributed by atoms with Crippen LogP contribution in [-0.2, 0) is 20.2 Å². The summed E-state index contributed by atoms with van der Waals surface area (Å²) in [6.45, 7) is 1.88. The number of rotatable bonds is 3. The number of H-pyrrole nitrogens is 1. The fourth-order valence-corrected chi connectivity index (χ4v) is 3.89. The van der Waals surface area contributed by atoms with Gasteiger partial charge in [0.25, 0.3) is 20.2 Å². The molecule has 3 N–H and O–H groups in total. The first kappa shape index (κ1) is 14.4. The first-order valence-electron chi connectivity index (χ1n) is 5.51. The predicted molar refractivity (Wildman–Crippen MR) is 66.8 cm³/mol. The Hall–Kier alpha value is -1.01. The van der Waals surface area contributed by atoms with Crippen molar-refractivity contribution in [2.45, 2.75) is 11.9 Å². The number of hydrogen-bond acceptors (Lipinski definition) is 5. The Morgan fingerprint density at radius 2 is 1.68 bits per heavy atom. The second-order valence-corrected chi connectivity index (χ2v) is 7.63. The normalized spacial score (nSPS) is 19.7. The molecule has 1 aromatic rings. The highest BCUT2D eigenvalue weighted by Gasteiger charge is 2.32. The van der Waals surface area contributed by atoms with Crippen molar-refractivity contribution in [2.75, 3.05) is 26.2 Å². The van der Waals surface area contributed by atoms with Gasteiger partial charge in [-0.3, -0.25) is 0 Å². The van der Waals surface area contributed by atoms with Crippen LogP contribution in [0.15, 0.2) is 11.2 Å². The Kier molecular flexibility index (Phi) is 3.66. The number of nitrogens with one attached hydrogen (secondary N) is 1. The second-order valence-electron chi connectivity index (χ2n) is 4.18. The van der Waals surface area contributed by atoms with E-state index in [1.54, 1.807) is 6.92 Å². The zero-order chi connectivity index (χ0) is 14.3. The topological polar surface area (TPSA) is 129 Å². The lowest BCUT2D eigenvalue weighted by Crippen LogP contribution is -2.52. The van der Waals surface area contributed by atoms with Crippen LogP contribution in [0, 0.1) is 6.92 Å². The van der Waals surface area contributed by atoms with Crippen LogP contribution in [0.2, 0.25) is 0 Å². The van der Waals surface area contributed by atoms with E-state index in [1.165, 1.54) is 10.5 Å². The summed E-state index contributed by atoms with van der Waals surface area (Å²) in [4.78, 5) is 6.50. The summed E-state index contributed by atoms with van der Waals surface area (Å²) >= 11 is 0. The molecule has 19 heavy (non-hydrogen) atoms. The van der Waals surface area contributed by atoms with Gasteiger partial charge in [-0.1, -0.05) is 0 Å². The summed E-state index contributed by atoms with van der Waals surface area (Å²) in [5.41, 5.74) is 0. The zero-order valence-corrected chi connectivity index (χ0v) is 11.9. The molecule has 1 aromatic heterocycles. The standard InChI is InChI=1S/C8H15N5O4S2/c1-7-10-6-8(11-7)18(14,15)12-2-4-13(5-3-12)19(9,16)17/h6H,2-5H2,1H3,(H,10,11)(H2,9,16,17). The summed E-state index contributed by atoms with van der Waals surface area (Å²) < 4.78 is 49.0. The van der Waals surface area contributed by atoms with E-state index < -0.39 is 20.2 Å². The van der Waals surface area contributed by atoms with Gasteiger partial charge in [0.05, 0.1) is 6.20 Å². The number of nitrogens with two attached hydrogens (primary N) is 1. The lowest BCUT2D eigenvalue weighted by Gasteiger charge is -2.31. The molecule has 0 saturated carbocycles. The van der Waals surface area contributed by atoms with Crippen LogP contribution in [0.4, 0.5) is 0 Å². The van der Waals surface area contributed by atoms with Crippen molar-refractivity contribution in [3.05, 3.63) is 12.0 Å². The Labute approximate surface area is 111 Å². The molecule has 108 valence electrons. The lowest BCUT2D eigenvalue weighted by molar-refractivity contribution is 0.272. The molecule has 11 heteroatoms. The van der Waals surface area contributed by atoms with Gasteiger partial charge in [0.15, 0.2) is 5.03 Å². The fraction of sp³-hybridized carbons (Fsp3) is 0.625. The van der Waals surface area contributed by atoms with E-state index in [2.05, 4.69) is 9.97 Å². The Balaban J connectivity index is 2.14. The largest absolute Gasteiger partial charge is 0.332 e. The molecule has 0 bridgehead atoms. The van der Waals surface area contributed by atoms with E-state index in [9.17, 15) is 16.8 Å². The number of aromatic amines is 1. The second kappa shape index (κ2) is 4.83. The van der Waals surface area contributed by atoms with Gasteiger partial charge in [-0.25, -0.2) is 18.5 Å². The SMILES string of the molecule is Cc1ncc(S(=O)(=O)N2CCN(S(N)(=O)=O)CC2)[nH]1. The molecule has 1 aliphatic rings. The van der Waals surface area contributed by atoms with Gasteiger partial charge in [0.1, 0.15) is 5.82 Å². The third-order valence-corrected chi connectivity index (χ3v) is 5.75. The molecular formula is C8H15N5O4S2. The minimum Gasteiger partial charge on any atom is -0.332 e. The first-order valence-corrected chi connectivity index (χ1v) is 8.45. The molecule has 0 spiro atoms. The van der Waals surface area contributed by atoms with Gasteiger partial charge in [-0.05, 0) is 6.92 Å². The zero-order valence-electron chi connectivity index (χ0n) is 10.3. The Bertz CT molecular complexity index is 657. The van der Waals surface area contributed by atoms with Gasteiger partial charge in [-0.15, -0.1) is 0 Å². The van der Waals surface area contributed by atoms with Gasteiger partial charge < -0.3 is 4.98 Å². The van der Waals surface area contributed by atoms with Crippen LogP contribution in [0.3, 0.4) is 0 Å². The molecule has 0 unspecified atom stereocenters. The molecule has 0 radical (unpaired) electrons. The van der Waals surface area contributed by atoms with Crippen molar-refractivity contribution in [2.24, 2.45) is 5.14 Å². The molecule has 0 aromatic carbocycles. The summed E-state index contributed by atoms with van der Waals surface area (Å²) in [5.74, 6) is 0.502. The molecule has 0 aliphatic carbocycles. The minimum atomic E-state index is -3.76. The third-order valence-electron chi connectivity index (χ3n) is 2.85. The number of sulfonamides is 1. The van der Waals surface area contributed by atoms with Crippen LogP contribution in [0.1, 0.15) is 5.82 Å². The lowest BCUT2D eigenvalue weighted by atomic mass is 10.4. The van der Waals surface area contributed by atoms with Crippen LogP contribution in [-0.4, -0.2) is 61.6 Å². The maximum atomic E-state index is 12.2. The average Bonchev–Trinajstić information content (AvgIpc) is 2.76. The van der Waals surface area contributed by atoms with Gasteiger partial charge >= 0.3 is 0 Å². The molecule has 9 nitrogen and oxygen atoms in total. The van der Waals surface area contributed by atoms with E-state index in [1.807, 2.05) is 0 Å². The molecule has 2 rings (SSSR count).